The molecule has 0 saturated carbocycles. The van der Waals surface area contributed by atoms with E-state index in [0.29, 0.717) is 36.8 Å². The van der Waals surface area contributed by atoms with Gasteiger partial charge in [-0.05, 0) is 45.0 Å². The Hall–Kier alpha value is -2.59. The summed E-state index contributed by atoms with van der Waals surface area (Å²) in [6.45, 7) is 6.86. The van der Waals surface area contributed by atoms with Gasteiger partial charge >= 0.3 is 0 Å². The number of rotatable bonds is 7. The van der Waals surface area contributed by atoms with Crippen LogP contribution < -0.4 is 9.47 Å². The number of hydrogen-bond acceptors (Lipinski definition) is 6. The third-order valence-corrected chi connectivity index (χ3v) is 6.91. The molecule has 2 aromatic rings. The number of carbonyl (C=O) groups excluding carboxylic acids is 1. The topological polar surface area (TPSA) is 105 Å². The van der Waals surface area contributed by atoms with Crippen molar-refractivity contribution in [3.63, 3.8) is 0 Å². The van der Waals surface area contributed by atoms with Gasteiger partial charge in [-0.2, -0.15) is 9.40 Å². The minimum Gasteiger partial charge on any atom is -0.494 e. The van der Waals surface area contributed by atoms with Crippen molar-refractivity contribution in [3.8, 4) is 11.5 Å². The molecule has 1 aromatic carbocycles. The van der Waals surface area contributed by atoms with Crippen LogP contribution >= 0.6 is 0 Å². The number of piperazine rings is 1. The van der Waals surface area contributed by atoms with Gasteiger partial charge in [0.1, 0.15) is 16.4 Å². The molecule has 158 valence electrons. The quantitative estimate of drug-likeness (QED) is 0.722. The first-order valence-electron chi connectivity index (χ1n) is 9.48. The van der Waals surface area contributed by atoms with Crippen molar-refractivity contribution >= 4 is 15.9 Å². The number of aromatic nitrogens is 2. The van der Waals surface area contributed by atoms with E-state index in [-0.39, 0.29) is 30.5 Å². The summed E-state index contributed by atoms with van der Waals surface area (Å²) in [4.78, 5) is 14.3. The monoisotopic (exact) mass is 422 g/mol. The average Bonchev–Trinajstić information content (AvgIpc) is 3.06. The highest BCUT2D eigenvalue weighted by molar-refractivity contribution is 7.89. The molecule has 0 radical (unpaired) electrons. The second-order valence-electron chi connectivity index (χ2n) is 6.74. The Labute approximate surface area is 170 Å². The van der Waals surface area contributed by atoms with Crippen molar-refractivity contribution in [1.29, 1.82) is 0 Å². The van der Waals surface area contributed by atoms with Crippen LogP contribution in [0.4, 0.5) is 0 Å². The molecule has 1 saturated heterocycles. The Bertz CT molecular complexity index is 928. The van der Waals surface area contributed by atoms with Gasteiger partial charge in [-0.1, -0.05) is 0 Å². The molecule has 29 heavy (non-hydrogen) atoms. The van der Waals surface area contributed by atoms with Crippen LogP contribution in [0, 0.1) is 13.8 Å². The smallest absolute Gasteiger partial charge is 0.260 e. The van der Waals surface area contributed by atoms with Gasteiger partial charge in [0.15, 0.2) is 6.61 Å². The van der Waals surface area contributed by atoms with Crippen LogP contribution in [-0.4, -0.2) is 73.1 Å². The summed E-state index contributed by atoms with van der Waals surface area (Å²) in [5.74, 6) is 1.15. The number of hydrogen-bond donors (Lipinski definition) is 1. The van der Waals surface area contributed by atoms with E-state index in [1.54, 1.807) is 43.0 Å². The van der Waals surface area contributed by atoms with Crippen LogP contribution in [0.5, 0.6) is 11.5 Å². The van der Waals surface area contributed by atoms with Crippen molar-refractivity contribution in [2.45, 2.75) is 25.7 Å². The fourth-order valence-electron chi connectivity index (χ4n) is 3.26. The van der Waals surface area contributed by atoms with Crippen LogP contribution in [0.2, 0.25) is 0 Å². The minimum absolute atomic E-state index is 0.0965. The number of sulfonamides is 1. The van der Waals surface area contributed by atoms with Crippen molar-refractivity contribution in [2.24, 2.45) is 0 Å². The molecule has 0 spiro atoms. The predicted octanol–water partition coefficient (Wildman–Crippen LogP) is 1.34. The molecule has 1 aliphatic rings. The molecule has 1 fully saturated rings. The van der Waals surface area contributed by atoms with Gasteiger partial charge in [-0.15, -0.1) is 0 Å². The summed E-state index contributed by atoms with van der Waals surface area (Å²) >= 11 is 0. The van der Waals surface area contributed by atoms with Gasteiger partial charge in [-0.25, -0.2) is 8.42 Å². The standard InChI is InChI=1S/C19H26N4O5S/c1-4-27-16-5-7-17(8-6-16)28-13-18(24)22-9-11-23(12-10-22)29(25,26)19-14(2)20-21-15(19)3/h5-8H,4,9-13H2,1-3H3,(H,20,21). The maximum Gasteiger partial charge on any atom is 0.260 e. The Morgan fingerprint density at radius 3 is 2.17 bits per heavy atom. The lowest BCUT2D eigenvalue weighted by molar-refractivity contribution is -0.134. The molecular weight excluding hydrogens is 396 g/mol. The van der Waals surface area contributed by atoms with Gasteiger partial charge in [0.2, 0.25) is 10.0 Å². The molecule has 0 aliphatic carbocycles. The largest absolute Gasteiger partial charge is 0.494 e. The minimum atomic E-state index is -3.63. The molecule has 0 atom stereocenters. The number of benzene rings is 1. The molecule has 1 aliphatic heterocycles. The predicted molar refractivity (Wildman–Crippen MR) is 107 cm³/mol. The number of carbonyl (C=O) groups is 1. The summed E-state index contributed by atoms with van der Waals surface area (Å²) in [6.07, 6.45) is 0. The van der Waals surface area contributed by atoms with E-state index in [1.165, 1.54) is 4.31 Å². The zero-order valence-corrected chi connectivity index (χ0v) is 17.7. The molecule has 0 bridgehead atoms. The van der Waals surface area contributed by atoms with E-state index in [4.69, 9.17) is 9.47 Å². The molecule has 1 amide bonds. The van der Waals surface area contributed by atoms with Crippen molar-refractivity contribution in [2.75, 3.05) is 39.4 Å². The van der Waals surface area contributed by atoms with E-state index in [9.17, 15) is 13.2 Å². The van der Waals surface area contributed by atoms with Crippen molar-refractivity contribution < 1.29 is 22.7 Å². The van der Waals surface area contributed by atoms with Gasteiger partial charge in [0.05, 0.1) is 18.0 Å². The van der Waals surface area contributed by atoms with Crippen LogP contribution in [0.15, 0.2) is 29.2 Å². The average molecular weight is 423 g/mol. The molecule has 1 aromatic heterocycles. The fraction of sp³-hybridized carbons (Fsp3) is 0.474. The third kappa shape index (κ3) is 4.70. The number of aromatic amines is 1. The number of amides is 1. The summed E-state index contributed by atoms with van der Waals surface area (Å²) < 4.78 is 38.1. The van der Waals surface area contributed by atoms with E-state index in [0.717, 1.165) is 5.75 Å². The Balaban J connectivity index is 1.53. The SMILES string of the molecule is CCOc1ccc(OCC(=O)N2CCN(S(=O)(=O)c3c(C)n[nH]c3C)CC2)cc1. The second kappa shape index (κ2) is 8.83. The van der Waals surface area contributed by atoms with Crippen molar-refractivity contribution in [3.05, 3.63) is 35.7 Å². The molecule has 2 heterocycles. The van der Waals surface area contributed by atoms with E-state index in [2.05, 4.69) is 10.2 Å². The highest BCUT2D eigenvalue weighted by Gasteiger charge is 2.33. The lowest BCUT2D eigenvalue weighted by atomic mass is 10.3. The maximum atomic E-state index is 12.9. The zero-order valence-electron chi connectivity index (χ0n) is 16.8. The number of ether oxygens (including phenoxy) is 2. The highest BCUT2D eigenvalue weighted by Crippen LogP contribution is 2.23. The van der Waals surface area contributed by atoms with Gasteiger partial charge in [0.25, 0.3) is 5.91 Å². The maximum absolute atomic E-state index is 12.9. The summed E-state index contributed by atoms with van der Waals surface area (Å²) in [7, 11) is -3.63. The van der Waals surface area contributed by atoms with Crippen LogP contribution in [0.25, 0.3) is 0 Å². The molecular formula is C19H26N4O5S. The summed E-state index contributed by atoms with van der Waals surface area (Å²) in [5.41, 5.74) is 0.967. The number of aryl methyl sites for hydroxylation is 2. The highest BCUT2D eigenvalue weighted by atomic mass is 32.2. The third-order valence-electron chi connectivity index (χ3n) is 4.75. The Morgan fingerprint density at radius 1 is 1.07 bits per heavy atom. The van der Waals surface area contributed by atoms with Crippen molar-refractivity contribution in [1.82, 2.24) is 19.4 Å². The first-order valence-corrected chi connectivity index (χ1v) is 10.9. The van der Waals surface area contributed by atoms with Gasteiger partial charge in [0, 0.05) is 26.2 Å². The molecule has 9 nitrogen and oxygen atoms in total. The molecule has 10 heteroatoms. The Morgan fingerprint density at radius 2 is 1.66 bits per heavy atom. The normalized spacial score (nSPS) is 15.3. The number of nitrogens with zero attached hydrogens (tertiary/aromatic N) is 3. The number of nitrogens with one attached hydrogen (secondary N) is 1. The summed E-state index contributed by atoms with van der Waals surface area (Å²) in [6, 6.07) is 7.07. The van der Waals surface area contributed by atoms with Gasteiger partial charge < -0.3 is 14.4 Å². The molecule has 1 N–H and O–H groups in total. The Kier molecular flexibility index (Phi) is 6.43. The van der Waals surface area contributed by atoms with Crippen LogP contribution in [-0.2, 0) is 14.8 Å². The summed E-state index contributed by atoms with van der Waals surface area (Å²) in [5, 5.41) is 6.68. The first kappa shape index (κ1) is 21.1. The zero-order chi connectivity index (χ0) is 21.0. The second-order valence-corrected chi connectivity index (χ2v) is 8.62. The van der Waals surface area contributed by atoms with E-state index >= 15 is 0 Å². The fourth-order valence-corrected chi connectivity index (χ4v) is 5.02. The molecule has 3 rings (SSSR count). The lowest BCUT2D eigenvalue weighted by Gasteiger charge is -2.34. The first-order chi connectivity index (χ1) is 13.8. The van der Waals surface area contributed by atoms with Crippen LogP contribution in [0.1, 0.15) is 18.3 Å². The van der Waals surface area contributed by atoms with Crippen LogP contribution in [0.3, 0.4) is 0 Å². The number of H-pyrrole nitrogens is 1. The van der Waals surface area contributed by atoms with E-state index in [1.807, 2.05) is 6.92 Å². The lowest BCUT2D eigenvalue weighted by Crippen LogP contribution is -2.51. The molecule has 0 unspecified atom stereocenters. The van der Waals surface area contributed by atoms with Gasteiger partial charge in [-0.3, -0.25) is 9.89 Å². The van der Waals surface area contributed by atoms with E-state index < -0.39 is 10.0 Å².